The van der Waals surface area contributed by atoms with Crippen LogP contribution in [-0.4, -0.2) is 0 Å². The van der Waals surface area contributed by atoms with Crippen LogP contribution in [0.5, 0.6) is 0 Å². The molecule has 0 atom stereocenters. The fourth-order valence-corrected chi connectivity index (χ4v) is 1.20. The molecule has 0 amide bonds. The second kappa shape index (κ2) is 4.57. The van der Waals surface area contributed by atoms with Crippen molar-refractivity contribution >= 4 is 0 Å². The van der Waals surface area contributed by atoms with E-state index in [0.29, 0.717) is 12.0 Å². The third-order valence-corrected chi connectivity index (χ3v) is 2.13. The van der Waals surface area contributed by atoms with Crippen LogP contribution >= 0.6 is 0 Å². The van der Waals surface area contributed by atoms with E-state index in [-0.39, 0.29) is 5.82 Å². The van der Waals surface area contributed by atoms with Gasteiger partial charge in [-0.2, -0.15) is 5.26 Å². The number of rotatable bonds is 3. The van der Waals surface area contributed by atoms with Gasteiger partial charge in [0.2, 0.25) is 0 Å². The van der Waals surface area contributed by atoms with E-state index in [1.165, 1.54) is 12.1 Å². The van der Waals surface area contributed by atoms with Gasteiger partial charge in [-0.25, -0.2) is 4.39 Å². The van der Waals surface area contributed by atoms with Crippen molar-refractivity contribution in [2.24, 2.45) is 0 Å². The summed E-state index contributed by atoms with van der Waals surface area (Å²) in [7, 11) is 0. The Bertz CT molecular complexity index is 388. The molecule has 1 aromatic carbocycles. The lowest BCUT2D eigenvalue weighted by Crippen LogP contribution is -1.93. The Morgan fingerprint density at radius 3 is 2.86 bits per heavy atom. The maximum atomic E-state index is 12.8. The van der Waals surface area contributed by atoms with E-state index in [2.05, 4.69) is 6.58 Å². The van der Waals surface area contributed by atoms with Crippen molar-refractivity contribution in [3.8, 4) is 6.07 Å². The van der Waals surface area contributed by atoms with Crippen molar-refractivity contribution in [2.75, 3.05) is 0 Å². The number of halogens is 1. The smallest absolute Gasteiger partial charge is 0.124 e. The van der Waals surface area contributed by atoms with E-state index in [4.69, 9.17) is 5.26 Å². The molecule has 0 radical (unpaired) electrons. The van der Waals surface area contributed by atoms with Crippen molar-refractivity contribution in [3.63, 3.8) is 0 Å². The Kier molecular flexibility index (Phi) is 3.41. The van der Waals surface area contributed by atoms with Gasteiger partial charge in [-0.1, -0.05) is 25.1 Å². The maximum Gasteiger partial charge on any atom is 0.124 e. The summed E-state index contributed by atoms with van der Waals surface area (Å²) in [6.07, 6.45) is 1.53. The predicted octanol–water partition coefficient (Wildman–Crippen LogP) is 3.21. The average Bonchev–Trinajstić information content (AvgIpc) is 2.20. The predicted molar refractivity (Wildman–Crippen MR) is 54.3 cm³/mol. The van der Waals surface area contributed by atoms with Gasteiger partial charge in [0.1, 0.15) is 5.82 Å². The highest BCUT2D eigenvalue weighted by molar-refractivity contribution is 5.39. The lowest BCUT2D eigenvalue weighted by atomic mass is 10.00. The second-order valence-corrected chi connectivity index (χ2v) is 3.19. The van der Waals surface area contributed by atoms with E-state index in [0.717, 1.165) is 17.6 Å². The number of nitrogens with zero attached hydrogens (tertiary/aromatic N) is 1. The SMILES string of the molecule is C=C(CC)Cc1ccc(F)cc1C#N. The summed E-state index contributed by atoms with van der Waals surface area (Å²) in [5.41, 5.74) is 2.30. The standard InChI is InChI=1S/C12H12FN/c1-3-9(2)6-10-4-5-12(13)7-11(10)8-14/h4-5,7H,2-3,6H2,1H3. The van der Waals surface area contributed by atoms with Crippen LogP contribution in [0.2, 0.25) is 0 Å². The molecule has 1 rings (SSSR count). The molecule has 0 aliphatic heterocycles. The van der Waals surface area contributed by atoms with Crippen LogP contribution in [0.4, 0.5) is 4.39 Å². The van der Waals surface area contributed by atoms with Crippen LogP contribution < -0.4 is 0 Å². The van der Waals surface area contributed by atoms with E-state index < -0.39 is 0 Å². The van der Waals surface area contributed by atoms with E-state index >= 15 is 0 Å². The van der Waals surface area contributed by atoms with Gasteiger partial charge >= 0.3 is 0 Å². The van der Waals surface area contributed by atoms with Crippen molar-refractivity contribution in [2.45, 2.75) is 19.8 Å². The Hall–Kier alpha value is -1.62. The van der Waals surface area contributed by atoms with E-state index in [9.17, 15) is 4.39 Å². The lowest BCUT2D eigenvalue weighted by molar-refractivity contribution is 0.626. The quantitative estimate of drug-likeness (QED) is 0.670. The van der Waals surface area contributed by atoms with Gasteiger partial charge in [0.15, 0.2) is 0 Å². The van der Waals surface area contributed by atoms with Gasteiger partial charge in [-0.3, -0.25) is 0 Å². The normalized spacial score (nSPS) is 9.50. The zero-order valence-electron chi connectivity index (χ0n) is 8.18. The maximum absolute atomic E-state index is 12.8. The monoisotopic (exact) mass is 189 g/mol. The highest BCUT2D eigenvalue weighted by Gasteiger charge is 2.04. The minimum Gasteiger partial charge on any atom is -0.207 e. The third kappa shape index (κ3) is 2.43. The number of hydrogen-bond acceptors (Lipinski definition) is 1. The summed E-state index contributed by atoms with van der Waals surface area (Å²) in [6, 6.07) is 6.27. The highest BCUT2D eigenvalue weighted by atomic mass is 19.1. The van der Waals surface area contributed by atoms with Gasteiger partial charge in [0, 0.05) is 0 Å². The van der Waals surface area contributed by atoms with Crippen molar-refractivity contribution in [1.82, 2.24) is 0 Å². The molecule has 14 heavy (non-hydrogen) atoms. The van der Waals surface area contributed by atoms with E-state index in [1.54, 1.807) is 6.07 Å². The van der Waals surface area contributed by atoms with Crippen LogP contribution in [0.3, 0.4) is 0 Å². The molecule has 0 saturated heterocycles. The molecular formula is C12H12FN. The number of hydrogen-bond donors (Lipinski definition) is 0. The molecule has 1 aromatic rings. The molecule has 0 aliphatic carbocycles. The average molecular weight is 189 g/mol. The molecule has 72 valence electrons. The summed E-state index contributed by atoms with van der Waals surface area (Å²) >= 11 is 0. The molecule has 0 bridgehead atoms. The number of benzene rings is 1. The molecule has 0 fully saturated rings. The summed E-state index contributed by atoms with van der Waals surface area (Å²) in [5.74, 6) is -0.368. The molecule has 0 heterocycles. The third-order valence-electron chi connectivity index (χ3n) is 2.13. The zero-order chi connectivity index (χ0) is 10.6. The molecular weight excluding hydrogens is 177 g/mol. The van der Waals surface area contributed by atoms with Crippen molar-refractivity contribution < 1.29 is 4.39 Å². The Morgan fingerprint density at radius 2 is 2.29 bits per heavy atom. The molecule has 1 nitrogen and oxygen atoms in total. The summed E-state index contributed by atoms with van der Waals surface area (Å²) < 4.78 is 12.8. The summed E-state index contributed by atoms with van der Waals surface area (Å²) in [5, 5.41) is 8.78. The molecule has 2 heteroatoms. The zero-order valence-corrected chi connectivity index (χ0v) is 8.18. The minimum atomic E-state index is -0.368. The first-order valence-corrected chi connectivity index (χ1v) is 4.52. The molecule has 0 aliphatic rings. The first-order valence-electron chi connectivity index (χ1n) is 4.52. The fourth-order valence-electron chi connectivity index (χ4n) is 1.20. The molecule has 0 unspecified atom stereocenters. The summed E-state index contributed by atoms with van der Waals surface area (Å²) in [4.78, 5) is 0. The molecule has 0 saturated carbocycles. The highest BCUT2D eigenvalue weighted by Crippen LogP contribution is 2.15. The fraction of sp³-hybridized carbons (Fsp3) is 0.250. The van der Waals surface area contributed by atoms with Crippen LogP contribution in [0.1, 0.15) is 24.5 Å². The minimum absolute atomic E-state index is 0.368. The lowest BCUT2D eigenvalue weighted by Gasteiger charge is -2.04. The van der Waals surface area contributed by atoms with Gasteiger partial charge in [-0.05, 0) is 30.5 Å². The Morgan fingerprint density at radius 1 is 1.57 bits per heavy atom. The molecule has 0 spiro atoms. The van der Waals surface area contributed by atoms with Crippen molar-refractivity contribution in [3.05, 3.63) is 47.3 Å². The number of allylic oxidation sites excluding steroid dienone is 1. The second-order valence-electron chi connectivity index (χ2n) is 3.19. The van der Waals surface area contributed by atoms with Crippen LogP contribution in [-0.2, 0) is 6.42 Å². The van der Waals surface area contributed by atoms with Gasteiger partial charge < -0.3 is 0 Å². The number of nitriles is 1. The summed E-state index contributed by atoms with van der Waals surface area (Å²) in [6.45, 7) is 5.87. The van der Waals surface area contributed by atoms with Gasteiger partial charge in [0.05, 0.1) is 11.6 Å². The van der Waals surface area contributed by atoms with Crippen LogP contribution in [0, 0.1) is 17.1 Å². The topological polar surface area (TPSA) is 23.8 Å². The Labute approximate surface area is 83.5 Å². The van der Waals surface area contributed by atoms with Crippen LogP contribution in [0.15, 0.2) is 30.4 Å². The van der Waals surface area contributed by atoms with Crippen LogP contribution in [0.25, 0.3) is 0 Å². The largest absolute Gasteiger partial charge is 0.207 e. The first-order chi connectivity index (χ1) is 6.67. The Balaban J connectivity index is 2.98. The molecule has 0 N–H and O–H groups in total. The van der Waals surface area contributed by atoms with Gasteiger partial charge in [-0.15, -0.1) is 0 Å². The van der Waals surface area contributed by atoms with Gasteiger partial charge in [0.25, 0.3) is 0 Å². The van der Waals surface area contributed by atoms with Crippen molar-refractivity contribution in [1.29, 1.82) is 5.26 Å². The molecule has 0 aromatic heterocycles. The van der Waals surface area contributed by atoms with E-state index in [1.807, 2.05) is 13.0 Å². The first kappa shape index (κ1) is 10.5.